The molecule has 3 fully saturated rings. The van der Waals surface area contributed by atoms with E-state index in [1.165, 1.54) is 0 Å². The van der Waals surface area contributed by atoms with Gasteiger partial charge in [0, 0.05) is 44.0 Å². The van der Waals surface area contributed by atoms with E-state index < -0.39 is 12.1 Å². The van der Waals surface area contributed by atoms with Crippen LogP contribution in [0.15, 0.2) is 30.3 Å². The lowest BCUT2D eigenvalue weighted by atomic mass is 9.95. The van der Waals surface area contributed by atoms with Crippen molar-refractivity contribution < 1.29 is 24.5 Å². The van der Waals surface area contributed by atoms with Gasteiger partial charge < -0.3 is 25.8 Å². The van der Waals surface area contributed by atoms with Crippen LogP contribution in [0.5, 0.6) is 0 Å². The number of benzene rings is 1. The molecule has 4 amide bonds. The van der Waals surface area contributed by atoms with Gasteiger partial charge in [0.1, 0.15) is 12.1 Å². The van der Waals surface area contributed by atoms with E-state index in [2.05, 4.69) is 16.0 Å². The minimum atomic E-state index is -0.801. The lowest BCUT2D eigenvalue weighted by Gasteiger charge is -2.42. The van der Waals surface area contributed by atoms with Gasteiger partial charge in [0.25, 0.3) is 5.91 Å². The Kier molecular flexibility index (Phi) is 7.04. The molecular weight excluding hydrogens is 410 g/mol. The Morgan fingerprint density at radius 1 is 1.03 bits per heavy atom. The largest absolute Gasteiger partial charge is 0.354 e. The summed E-state index contributed by atoms with van der Waals surface area (Å²) in [6.45, 7) is 3.23. The zero-order valence-corrected chi connectivity index (χ0v) is 18.3. The molecule has 1 aromatic carbocycles. The average molecular weight is 443 g/mol. The number of hydrogen-bond donors (Lipinski definition) is 3. The quantitative estimate of drug-likeness (QED) is 0.538. The Morgan fingerprint density at radius 3 is 2.50 bits per heavy atom. The molecule has 3 aliphatic rings. The topological polar surface area (TPSA) is 115 Å². The maximum absolute atomic E-state index is 13.3. The molecule has 0 saturated carbocycles. The van der Waals surface area contributed by atoms with Crippen LogP contribution >= 0.6 is 0 Å². The van der Waals surface area contributed by atoms with Crippen LogP contribution < -0.4 is 16.0 Å². The number of piperazine rings is 1. The summed E-state index contributed by atoms with van der Waals surface area (Å²) in [6, 6.07) is 7.56. The van der Waals surface area contributed by atoms with E-state index in [9.17, 15) is 19.2 Å². The number of nitrogens with two attached hydrogens (primary N) is 1. The number of rotatable bonds is 4. The number of amides is 4. The fourth-order valence-electron chi connectivity index (χ4n) is 4.80. The molecule has 1 aromatic rings. The van der Waals surface area contributed by atoms with E-state index in [0.717, 1.165) is 32.4 Å². The Hall–Kier alpha value is -2.94. The molecule has 4 N–H and O–H groups in total. The Labute approximate surface area is 187 Å². The molecule has 0 radical (unpaired) electrons. The molecule has 172 valence electrons. The molecule has 2 atom stereocenters. The molecule has 3 saturated heterocycles. The standard InChI is InChI=1S/C23H31N5O4/c29-20-18(7-4-10-25-20)26-21(30)19-15-27(22(31)16-5-2-1-3-6-16)13-14-28(19)23(32)17-8-11-24-12-9-17/h1-3,5-6,17-19,24H,4,7-15H2,(H,25,29)(H,26,30)/p+1/t18-,19-/m0/s1. The molecule has 0 spiro atoms. The van der Waals surface area contributed by atoms with E-state index in [1.807, 2.05) is 6.07 Å². The third-order valence-corrected chi connectivity index (χ3v) is 6.66. The van der Waals surface area contributed by atoms with Gasteiger partial charge in [0.2, 0.25) is 17.7 Å². The molecule has 0 aromatic heterocycles. The molecule has 0 aliphatic carbocycles. The van der Waals surface area contributed by atoms with E-state index in [-0.39, 0.29) is 36.1 Å². The van der Waals surface area contributed by atoms with Crippen molar-refractivity contribution >= 4 is 23.6 Å². The first-order chi connectivity index (χ1) is 15.5. The monoisotopic (exact) mass is 442 g/mol. The van der Waals surface area contributed by atoms with Gasteiger partial charge in [-0.1, -0.05) is 18.2 Å². The zero-order chi connectivity index (χ0) is 22.5. The molecule has 9 heteroatoms. The minimum Gasteiger partial charge on any atom is -0.354 e. The van der Waals surface area contributed by atoms with Crippen molar-refractivity contribution in [3.05, 3.63) is 35.9 Å². The highest BCUT2D eigenvalue weighted by Gasteiger charge is 2.41. The minimum absolute atomic E-state index is 0.0156. The van der Waals surface area contributed by atoms with Crippen LogP contribution in [0.4, 0.5) is 0 Å². The number of piperidine rings is 2. The fourth-order valence-corrected chi connectivity index (χ4v) is 4.80. The average Bonchev–Trinajstić information content (AvgIpc) is 2.85. The summed E-state index contributed by atoms with van der Waals surface area (Å²) >= 11 is 0. The molecule has 3 heterocycles. The molecule has 4 rings (SSSR count). The summed E-state index contributed by atoms with van der Waals surface area (Å²) in [7, 11) is 0. The third-order valence-electron chi connectivity index (χ3n) is 6.66. The molecule has 0 unspecified atom stereocenters. The summed E-state index contributed by atoms with van der Waals surface area (Å²) in [6.07, 6.45) is 2.95. The van der Waals surface area contributed by atoms with Crippen molar-refractivity contribution in [1.82, 2.24) is 20.4 Å². The van der Waals surface area contributed by atoms with Crippen molar-refractivity contribution in [2.45, 2.75) is 37.8 Å². The van der Waals surface area contributed by atoms with Crippen LogP contribution in [0.25, 0.3) is 0 Å². The zero-order valence-electron chi connectivity index (χ0n) is 18.3. The van der Waals surface area contributed by atoms with Gasteiger partial charge in [-0.05, 0) is 25.0 Å². The van der Waals surface area contributed by atoms with Crippen LogP contribution in [0, 0.1) is 5.92 Å². The normalized spacial score (nSPS) is 24.6. The second-order valence-electron chi connectivity index (χ2n) is 8.80. The summed E-state index contributed by atoms with van der Waals surface area (Å²) in [5.41, 5.74) is 0.556. The summed E-state index contributed by atoms with van der Waals surface area (Å²) in [4.78, 5) is 55.1. The van der Waals surface area contributed by atoms with Crippen molar-refractivity contribution in [1.29, 1.82) is 0 Å². The van der Waals surface area contributed by atoms with Gasteiger partial charge in [0.05, 0.1) is 19.6 Å². The SMILES string of the molecule is O=C1NCCC[C@@H]1NC(=O)[C@@H]1CN(C(=O)c2ccccc2)CCN1C(=O)C1CC[NH2+]CC1. The van der Waals surface area contributed by atoms with Crippen LogP contribution in [-0.2, 0) is 14.4 Å². The number of hydrogen-bond acceptors (Lipinski definition) is 4. The third kappa shape index (κ3) is 4.93. The van der Waals surface area contributed by atoms with E-state index >= 15 is 0 Å². The van der Waals surface area contributed by atoms with Gasteiger partial charge in [-0.3, -0.25) is 19.2 Å². The van der Waals surface area contributed by atoms with Crippen LogP contribution in [0.2, 0.25) is 0 Å². The van der Waals surface area contributed by atoms with Crippen molar-refractivity contribution in [3.63, 3.8) is 0 Å². The van der Waals surface area contributed by atoms with Gasteiger partial charge in [-0.15, -0.1) is 0 Å². The van der Waals surface area contributed by atoms with Gasteiger partial charge in [-0.25, -0.2) is 0 Å². The molecule has 32 heavy (non-hydrogen) atoms. The predicted molar refractivity (Wildman–Crippen MR) is 116 cm³/mol. The lowest BCUT2D eigenvalue weighted by molar-refractivity contribution is -0.664. The number of nitrogens with one attached hydrogen (secondary N) is 2. The summed E-state index contributed by atoms with van der Waals surface area (Å²) in [5, 5.41) is 7.81. The second-order valence-corrected chi connectivity index (χ2v) is 8.80. The van der Waals surface area contributed by atoms with Gasteiger partial charge >= 0.3 is 0 Å². The molecular formula is C23H32N5O4+. The highest BCUT2D eigenvalue weighted by Crippen LogP contribution is 2.20. The Morgan fingerprint density at radius 2 is 1.78 bits per heavy atom. The van der Waals surface area contributed by atoms with Crippen molar-refractivity contribution in [3.8, 4) is 0 Å². The van der Waals surface area contributed by atoms with Crippen LogP contribution in [0.3, 0.4) is 0 Å². The molecule has 0 bridgehead atoms. The highest BCUT2D eigenvalue weighted by molar-refractivity contribution is 5.96. The van der Waals surface area contributed by atoms with Crippen LogP contribution in [-0.4, -0.2) is 84.8 Å². The summed E-state index contributed by atoms with van der Waals surface area (Å²) < 4.78 is 0. The van der Waals surface area contributed by atoms with Crippen LogP contribution in [0.1, 0.15) is 36.0 Å². The Balaban J connectivity index is 1.51. The predicted octanol–water partition coefficient (Wildman–Crippen LogP) is -1.29. The molecule has 9 nitrogen and oxygen atoms in total. The summed E-state index contributed by atoms with van der Waals surface area (Å²) in [5.74, 6) is -0.826. The van der Waals surface area contributed by atoms with E-state index in [4.69, 9.17) is 0 Å². The maximum atomic E-state index is 13.3. The lowest BCUT2D eigenvalue weighted by Crippen LogP contribution is -2.86. The maximum Gasteiger partial charge on any atom is 0.253 e. The van der Waals surface area contributed by atoms with E-state index in [1.54, 1.807) is 34.1 Å². The number of carbonyl (C=O) groups is 4. The molecule has 3 aliphatic heterocycles. The van der Waals surface area contributed by atoms with Crippen molar-refractivity contribution in [2.75, 3.05) is 39.3 Å². The Bertz CT molecular complexity index is 855. The first-order valence-electron chi connectivity index (χ1n) is 11.6. The fraction of sp³-hybridized carbons (Fsp3) is 0.565. The van der Waals surface area contributed by atoms with Gasteiger partial charge in [0.15, 0.2) is 0 Å². The first kappa shape index (κ1) is 22.3. The van der Waals surface area contributed by atoms with Crippen molar-refractivity contribution in [2.24, 2.45) is 5.92 Å². The number of carbonyl (C=O) groups excluding carboxylic acids is 4. The first-order valence-corrected chi connectivity index (χ1v) is 11.6. The number of quaternary nitrogens is 1. The number of nitrogens with zero attached hydrogens (tertiary/aromatic N) is 2. The highest BCUT2D eigenvalue weighted by atomic mass is 16.2. The second kappa shape index (κ2) is 10.1. The smallest absolute Gasteiger partial charge is 0.253 e. The van der Waals surface area contributed by atoms with E-state index in [0.29, 0.717) is 31.6 Å². The van der Waals surface area contributed by atoms with Gasteiger partial charge in [-0.2, -0.15) is 0 Å².